The van der Waals surface area contributed by atoms with Crippen LogP contribution in [0.5, 0.6) is 5.75 Å². The van der Waals surface area contributed by atoms with E-state index in [4.69, 9.17) is 4.74 Å². The quantitative estimate of drug-likeness (QED) is 0.365. The largest absolute Gasteiger partial charge is 0.497 e. The number of thioether (sulfide) groups is 1. The molecule has 192 valence electrons. The number of hydroxylamine groups is 1. The van der Waals surface area contributed by atoms with Crippen LogP contribution in [0.4, 0.5) is 0 Å². The van der Waals surface area contributed by atoms with Crippen molar-refractivity contribution in [1.82, 2.24) is 15.4 Å². The molecular formula is C27H39N3O4S. The Hall–Kier alpha value is -1.87. The van der Waals surface area contributed by atoms with Crippen molar-refractivity contribution >= 4 is 28.6 Å². The molecule has 1 saturated carbocycles. The first-order valence-corrected chi connectivity index (χ1v) is 14.0. The Morgan fingerprint density at radius 1 is 1.26 bits per heavy atom. The van der Waals surface area contributed by atoms with E-state index in [1.807, 2.05) is 24.3 Å². The van der Waals surface area contributed by atoms with Gasteiger partial charge in [-0.25, -0.2) is 0 Å². The van der Waals surface area contributed by atoms with Crippen molar-refractivity contribution < 1.29 is 19.8 Å². The van der Waals surface area contributed by atoms with E-state index in [2.05, 4.69) is 27.1 Å². The minimum Gasteiger partial charge on any atom is -0.497 e. The molecule has 2 aliphatic rings. The number of aliphatic carboxylic acids is 1. The standard InChI is InChI=1S/C27H39N3O4S/c1-34-20-8-10-25-23(17-20)22(11-13-28-25)26(29-33)9-7-19-12-14-30(18-24(19)27(31)32)15-16-35-21-5-3-2-4-6-21/h8,10-11,13,17,19,21,24,26,29,33H,2-7,9,12,14-16,18H2,1H3,(H,31,32)/t19-,24+,26+/m1/s1. The highest BCUT2D eigenvalue weighted by molar-refractivity contribution is 7.99. The summed E-state index contributed by atoms with van der Waals surface area (Å²) in [5.41, 5.74) is 4.25. The average Bonchev–Trinajstić information content (AvgIpc) is 2.89. The van der Waals surface area contributed by atoms with E-state index in [1.54, 1.807) is 13.3 Å². The maximum Gasteiger partial charge on any atom is 0.308 e. The van der Waals surface area contributed by atoms with Crippen molar-refractivity contribution in [2.75, 3.05) is 32.5 Å². The molecular weight excluding hydrogens is 462 g/mol. The number of methoxy groups -OCH3 is 1. The van der Waals surface area contributed by atoms with Gasteiger partial charge in [0.1, 0.15) is 5.75 Å². The molecule has 0 spiro atoms. The fourth-order valence-electron chi connectivity index (χ4n) is 5.72. The van der Waals surface area contributed by atoms with Gasteiger partial charge < -0.3 is 20.0 Å². The number of pyridine rings is 1. The Kier molecular flexibility index (Phi) is 9.66. The van der Waals surface area contributed by atoms with Crippen LogP contribution in [0.3, 0.4) is 0 Å². The highest BCUT2D eigenvalue weighted by Crippen LogP contribution is 2.34. The predicted octanol–water partition coefficient (Wildman–Crippen LogP) is 5.13. The van der Waals surface area contributed by atoms with Gasteiger partial charge >= 0.3 is 5.97 Å². The molecule has 1 aliphatic heterocycles. The first kappa shape index (κ1) is 26.2. The van der Waals surface area contributed by atoms with E-state index in [0.717, 1.165) is 59.1 Å². The molecule has 0 radical (unpaired) electrons. The lowest BCUT2D eigenvalue weighted by atomic mass is 9.81. The molecule has 8 heteroatoms. The fourth-order valence-corrected chi connectivity index (χ4v) is 7.09. The first-order chi connectivity index (χ1) is 17.1. The van der Waals surface area contributed by atoms with Gasteiger partial charge in [0, 0.05) is 35.7 Å². The molecule has 1 aliphatic carbocycles. The third kappa shape index (κ3) is 6.88. The summed E-state index contributed by atoms with van der Waals surface area (Å²) in [6.45, 7) is 2.55. The van der Waals surface area contributed by atoms with Gasteiger partial charge in [-0.1, -0.05) is 19.3 Å². The SMILES string of the molecule is COc1ccc2nccc([C@H](CC[C@@H]3CCN(CCSC4CCCCC4)C[C@@H]3C(=O)O)NO)c2c1. The molecule has 3 atom stereocenters. The zero-order chi connectivity index (χ0) is 24.6. The van der Waals surface area contributed by atoms with Gasteiger partial charge in [0.15, 0.2) is 0 Å². The predicted molar refractivity (Wildman–Crippen MR) is 140 cm³/mol. The number of ether oxygens (including phenoxy) is 1. The number of nitrogens with one attached hydrogen (secondary N) is 1. The van der Waals surface area contributed by atoms with Crippen LogP contribution in [0.25, 0.3) is 10.9 Å². The van der Waals surface area contributed by atoms with E-state index in [0.29, 0.717) is 13.0 Å². The van der Waals surface area contributed by atoms with Gasteiger partial charge in [0.05, 0.1) is 24.6 Å². The number of nitrogens with zero attached hydrogens (tertiary/aromatic N) is 2. The van der Waals surface area contributed by atoms with Crippen LogP contribution in [0.15, 0.2) is 30.5 Å². The summed E-state index contributed by atoms with van der Waals surface area (Å²) < 4.78 is 5.38. The van der Waals surface area contributed by atoms with Gasteiger partial charge in [-0.15, -0.1) is 0 Å². The summed E-state index contributed by atoms with van der Waals surface area (Å²) in [6.07, 6.45) is 10.8. The van der Waals surface area contributed by atoms with Gasteiger partial charge in [0.2, 0.25) is 0 Å². The molecule has 3 N–H and O–H groups in total. The van der Waals surface area contributed by atoms with E-state index in [1.165, 1.54) is 32.1 Å². The normalized spacial score (nSPS) is 22.8. The zero-order valence-electron chi connectivity index (χ0n) is 20.7. The minimum absolute atomic E-state index is 0.105. The number of fused-ring (bicyclic) bond motifs is 1. The molecule has 1 saturated heterocycles. The molecule has 0 bridgehead atoms. The van der Waals surface area contributed by atoms with Crippen molar-refractivity contribution in [3.8, 4) is 5.75 Å². The number of carboxylic acids is 1. The molecule has 2 fully saturated rings. The summed E-state index contributed by atoms with van der Waals surface area (Å²) in [7, 11) is 1.63. The number of likely N-dealkylation sites (tertiary alicyclic amines) is 1. The van der Waals surface area contributed by atoms with Crippen LogP contribution < -0.4 is 10.2 Å². The molecule has 0 unspecified atom stereocenters. The number of carbonyl (C=O) groups is 1. The average molecular weight is 502 g/mol. The lowest BCUT2D eigenvalue weighted by molar-refractivity contribution is -0.146. The number of aromatic nitrogens is 1. The lowest BCUT2D eigenvalue weighted by Gasteiger charge is -2.37. The van der Waals surface area contributed by atoms with Crippen molar-refractivity contribution in [2.24, 2.45) is 11.8 Å². The maximum atomic E-state index is 12.1. The second-order valence-corrected chi connectivity index (χ2v) is 11.4. The van der Waals surface area contributed by atoms with Gasteiger partial charge in [-0.05, 0) is 74.4 Å². The van der Waals surface area contributed by atoms with Gasteiger partial charge in [-0.2, -0.15) is 17.2 Å². The summed E-state index contributed by atoms with van der Waals surface area (Å²) in [5.74, 6) is 0.873. The Morgan fingerprint density at radius 3 is 2.83 bits per heavy atom. The lowest BCUT2D eigenvalue weighted by Crippen LogP contribution is -2.45. The summed E-state index contributed by atoms with van der Waals surface area (Å²) >= 11 is 2.08. The highest BCUT2D eigenvalue weighted by Gasteiger charge is 2.34. The van der Waals surface area contributed by atoms with Crippen LogP contribution in [0, 0.1) is 11.8 Å². The molecule has 2 aromatic rings. The summed E-state index contributed by atoms with van der Waals surface area (Å²) in [5, 5.41) is 21.7. The van der Waals surface area contributed by atoms with Crippen LogP contribution in [0.2, 0.25) is 0 Å². The zero-order valence-corrected chi connectivity index (χ0v) is 21.5. The molecule has 2 heterocycles. The summed E-state index contributed by atoms with van der Waals surface area (Å²) in [4.78, 5) is 18.9. The number of hydrogen-bond donors (Lipinski definition) is 3. The van der Waals surface area contributed by atoms with Crippen LogP contribution in [-0.2, 0) is 4.79 Å². The van der Waals surface area contributed by atoms with E-state index >= 15 is 0 Å². The van der Waals surface area contributed by atoms with Crippen molar-refractivity contribution in [2.45, 2.75) is 62.7 Å². The van der Waals surface area contributed by atoms with Crippen molar-refractivity contribution in [1.29, 1.82) is 0 Å². The number of hydrogen-bond acceptors (Lipinski definition) is 7. The van der Waals surface area contributed by atoms with Gasteiger partial charge in [0.25, 0.3) is 0 Å². The topological polar surface area (TPSA) is 94.9 Å². The van der Waals surface area contributed by atoms with Crippen molar-refractivity contribution in [3.63, 3.8) is 0 Å². The Balaban J connectivity index is 1.34. The fraction of sp³-hybridized carbons (Fsp3) is 0.630. The van der Waals surface area contributed by atoms with Crippen LogP contribution in [-0.4, -0.2) is 63.9 Å². The van der Waals surface area contributed by atoms with E-state index < -0.39 is 5.97 Å². The Bertz CT molecular complexity index is 969. The molecule has 1 aromatic heterocycles. The highest BCUT2D eigenvalue weighted by atomic mass is 32.2. The Labute approximate surface area is 212 Å². The Morgan fingerprint density at radius 2 is 2.09 bits per heavy atom. The van der Waals surface area contributed by atoms with E-state index in [-0.39, 0.29) is 17.9 Å². The van der Waals surface area contributed by atoms with Gasteiger partial charge in [-0.3, -0.25) is 9.78 Å². The molecule has 35 heavy (non-hydrogen) atoms. The van der Waals surface area contributed by atoms with Crippen molar-refractivity contribution in [3.05, 3.63) is 36.0 Å². The summed E-state index contributed by atoms with van der Waals surface area (Å²) in [6, 6.07) is 7.34. The molecule has 7 nitrogen and oxygen atoms in total. The number of benzene rings is 1. The molecule has 0 amide bonds. The number of piperidine rings is 1. The van der Waals surface area contributed by atoms with Crippen LogP contribution in [0.1, 0.15) is 63.0 Å². The number of carboxylic acid groups (broad SMARTS) is 1. The number of rotatable bonds is 11. The third-order valence-electron chi connectivity index (χ3n) is 7.81. The molecule has 4 rings (SSSR count). The third-order valence-corrected chi connectivity index (χ3v) is 9.17. The minimum atomic E-state index is -0.702. The maximum absolute atomic E-state index is 12.1. The molecule has 1 aromatic carbocycles. The van der Waals surface area contributed by atoms with Crippen LogP contribution >= 0.6 is 11.8 Å². The second kappa shape index (κ2) is 12.9. The second-order valence-electron chi connectivity index (χ2n) is 9.97. The van der Waals surface area contributed by atoms with E-state index in [9.17, 15) is 15.1 Å². The monoisotopic (exact) mass is 501 g/mol. The smallest absolute Gasteiger partial charge is 0.308 e. The first-order valence-electron chi connectivity index (χ1n) is 13.0.